The molecule has 0 amide bonds. The summed E-state index contributed by atoms with van der Waals surface area (Å²) in [6.45, 7) is 6.81. The van der Waals surface area contributed by atoms with Crippen molar-refractivity contribution in [3.05, 3.63) is 9.70 Å². The van der Waals surface area contributed by atoms with Gasteiger partial charge in [-0.1, -0.05) is 0 Å². The van der Waals surface area contributed by atoms with Gasteiger partial charge in [0.25, 0.3) is 0 Å². The number of hydrogen-bond donors (Lipinski definition) is 0. The molecule has 0 aromatic heterocycles. The van der Waals surface area contributed by atoms with Gasteiger partial charge in [0.2, 0.25) is 0 Å². The van der Waals surface area contributed by atoms with Gasteiger partial charge in [-0.3, -0.25) is 0 Å². The Morgan fingerprint density at radius 3 is 2.45 bits per heavy atom. The molecule has 0 radical (unpaired) electrons. The Morgan fingerprint density at radius 2 is 2.00 bits per heavy atom. The first-order valence-corrected chi connectivity index (χ1v) is 7.48. The van der Waals surface area contributed by atoms with Crippen LogP contribution in [0.15, 0.2) is 9.70 Å². The predicted octanol–water partition coefficient (Wildman–Crippen LogP) is 3.61. The van der Waals surface area contributed by atoms with Crippen molar-refractivity contribution >= 4 is 20.9 Å². The van der Waals surface area contributed by atoms with Gasteiger partial charge in [-0.05, 0) is 0 Å². The van der Waals surface area contributed by atoms with Crippen LogP contribution in [0.2, 0.25) is 4.47 Å². The summed E-state index contributed by atoms with van der Waals surface area (Å²) in [6, 6.07) is 0. The fourth-order valence-electron chi connectivity index (χ4n) is 0.881. The van der Waals surface area contributed by atoms with E-state index >= 15 is 0 Å². The van der Waals surface area contributed by atoms with Crippen molar-refractivity contribution in [1.29, 1.82) is 0 Å². The number of allylic oxidation sites excluding steroid dienone is 2. The van der Waals surface area contributed by atoms with Crippen LogP contribution in [0.4, 0.5) is 0 Å². The Hall–Kier alpha value is 0.530. The predicted molar refractivity (Wildman–Crippen MR) is 54.1 cm³/mol. The SMILES string of the molecule is CC/C=C(\CC)[Te]CCCC. The van der Waals surface area contributed by atoms with Crippen LogP contribution in [0, 0.1) is 0 Å². The average Bonchev–Trinajstić information content (AvgIpc) is 2.03. The molecule has 0 aromatic carbocycles. The molecule has 0 saturated heterocycles. The summed E-state index contributed by atoms with van der Waals surface area (Å²) in [6.07, 6.45) is 7.80. The van der Waals surface area contributed by atoms with E-state index in [2.05, 4.69) is 26.8 Å². The van der Waals surface area contributed by atoms with Crippen LogP contribution in [0.25, 0.3) is 0 Å². The summed E-state index contributed by atoms with van der Waals surface area (Å²) in [7, 11) is 0. The van der Waals surface area contributed by atoms with Crippen LogP contribution < -0.4 is 0 Å². The van der Waals surface area contributed by atoms with Gasteiger partial charge in [-0.25, -0.2) is 0 Å². The molecule has 1 heteroatoms. The zero-order valence-corrected chi connectivity index (χ0v) is 10.4. The number of hydrogen-bond acceptors (Lipinski definition) is 0. The molecule has 0 spiro atoms. The number of unbranched alkanes of at least 4 members (excludes halogenated alkanes) is 1. The zero-order chi connectivity index (χ0) is 8.53. The molecule has 0 atom stereocenters. The van der Waals surface area contributed by atoms with Crippen LogP contribution >= 0.6 is 0 Å². The summed E-state index contributed by atoms with van der Waals surface area (Å²) in [5, 5.41) is 0. The van der Waals surface area contributed by atoms with E-state index in [1.807, 2.05) is 0 Å². The van der Waals surface area contributed by atoms with Gasteiger partial charge < -0.3 is 0 Å². The minimum atomic E-state index is 0.239. The fraction of sp³-hybridized carbons (Fsp3) is 0.800. The maximum atomic E-state index is 2.44. The van der Waals surface area contributed by atoms with Gasteiger partial charge in [-0.2, -0.15) is 0 Å². The van der Waals surface area contributed by atoms with Gasteiger partial charge in [0.05, 0.1) is 0 Å². The zero-order valence-electron chi connectivity index (χ0n) is 8.02. The summed E-state index contributed by atoms with van der Waals surface area (Å²) >= 11 is 0.239. The standard InChI is InChI=1S/C10H20Te/c1-4-7-9-11-10(6-3)8-5-2/h8H,4-7,9H2,1-3H3/b10-8+. The first kappa shape index (κ1) is 11.5. The molecule has 0 N–H and O–H groups in total. The van der Waals surface area contributed by atoms with Crippen molar-refractivity contribution in [3.63, 3.8) is 0 Å². The molecule has 0 aliphatic heterocycles. The normalized spacial score (nSPS) is 12.1. The Bertz CT molecular complexity index is 105. The Labute approximate surface area is 81.5 Å². The molecular weight excluding hydrogens is 248 g/mol. The second-order valence-corrected chi connectivity index (χ2v) is 6.12. The molecule has 11 heavy (non-hydrogen) atoms. The van der Waals surface area contributed by atoms with Crippen molar-refractivity contribution in [1.82, 2.24) is 0 Å². The summed E-state index contributed by atoms with van der Waals surface area (Å²) in [5.41, 5.74) is 0. The molecule has 66 valence electrons. The third kappa shape index (κ3) is 6.91. The average molecular weight is 268 g/mol. The number of rotatable bonds is 6. The Morgan fingerprint density at radius 1 is 1.27 bits per heavy atom. The van der Waals surface area contributed by atoms with Crippen molar-refractivity contribution in [2.24, 2.45) is 0 Å². The van der Waals surface area contributed by atoms with E-state index in [1.54, 1.807) is 3.62 Å². The fourth-order valence-corrected chi connectivity index (χ4v) is 4.26. The first-order chi connectivity index (χ1) is 5.35. The van der Waals surface area contributed by atoms with Crippen molar-refractivity contribution in [2.45, 2.75) is 50.9 Å². The van der Waals surface area contributed by atoms with E-state index in [-0.39, 0.29) is 20.9 Å². The molecular formula is C10H20Te. The van der Waals surface area contributed by atoms with Crippen LogP contribution in [-0.4, -0.2) is 20.9 Å². The van der Waals surface area contributed by atoms with E-state index < -0.39 is 0 Å². The minimum absolute atomic E-state index is 0.239. The molecule has 0 fully saturated rings. The summed E-state index contributed by atoms with van der Waals surface area (Å²) < 4.78 is 3.30. The molecule has 0 saturated carbocycles. The molecule has 0 aliphatic rings. The molecule has 0 bridgehead atoms. The molecule has 0 unspecified atom stereocenters. The summed E-state index contributed by atoms with van der Waals surface area (Å²) in [4.78, 5) is 0. The van der Waals surface area contributed by atoms with Crippen molar-refractivity contribution in [3.8, 4) is 0 Å². The second kappa shape index (κ2) is 8.62. The molecule has 0 nitrogen and oxygen atoms in total. The monoisotopic (exact) mass is 270 g/mol. The van der Waals surface area contributed by atoms with E-state index in [4.69, 9.17) is 0 Å². The van der Waals surface area contributed by atoms with E-state index in [1.165, 1.54) is 30.2 Å². The quantitative estimate of drug-likeness (QED) is 0.509. The van der Waals surface area contributed by atoms with Crippen molar-refractivity contribution in [2.75, 3.05) is 0 Å². The third-order valence-electron chi connectivity index (χ3n) is 1.57. The molecule has 0 aliphatic carbocycles. The van der Waals surface area contributed by atoms with Gasteiger partial charge in [-0.15, -0.1) is 0 Å². The van der Waals surface area contributed by atoms with E-state index in [0.717, 1.165) is 0 Å². The topological polar surface area (TPSA) is 0 Å². The van der Waals surface area contributed by atoms with E-state index in [9.17, 15) is 0 Å². The van der Waals surface area contributed by atoms with Crippen LogP contribution in [-0.2, 0) is 0 Å². The van der Waals surface area contributed by atoms with Crippen LogP contribution in [0.5, 0.6) is 0 Å². The molecule has 0 heterocycles. The van der Waals surface area contributed by atoms with Crippen LogP contribution in [0.3, 0.4) is 0 Å². The van der Waals surface area contributed by atoms with Gasteiger partial charge in [0, 0.05) is 0 Å². The van der Waals surface area contributed by atoms with Gasteiger partial charge in [0.1, 0.15) is 0 Å². The van der Waals surface area contributed by atoms with Gasteiger partial charge >= 0.3 is 81.5 Å². The first-order valence-electron chi connectivity index (χ1n) is 4.66. The van der Waals surface area contributed by atoms with Crippen molar-refractivity contribution < 1.29 is 0 Å². The van der Waals surface area contributed by atoms with Crippen LogP contribution in [0.1, 0.15) is 46.5 Å². The third-order valence-corrected chi connectivity index (χ3v) is 5.33. The molecule has 0 rings (SSSR count). The van der Waals surface area contributed by atoms with E-state index in [0.29, 0.717) is 0 Å². The maximum absolute atomic E-state index is 2.44. The second-order valence-electron chi connectivity index (χ2n) is 2.63. The van der Waals surface area contributed by atoms with Gasteiger partial charge in [0.15, 0.2) is 0 Å². The Kier molecular flexibility index (Phi) is 9.04. The Balaban J connectivity index is 3.44. The molecule has 0 aromatic rings. The summed E-state index contributed by atoms with van der Waals surface area (Å²) in [5.74, 6) is 0.